The number of amides is 2. The van der Waals surface area contributed by atoms with E-state index in [4.69, 9.17) is 5.11 Å². The van der Waals surface area contributed by atoms with Gasteiger partial charge in [-0.2, -0.15) is 0 Å². The van der Waals surface area contributed by atoms with E-state index >= 15 is 0 Å². The Bertz CT molecular complexity index is 291. The lowest BCUT2D eigenvalue weighted by Crippen LogP contribution is -2.48. The van der Waals surface area contributed by atoms with Crippen LogP contribution in [-0.2, 0) is 9.59 Å². The van der Waals surface area contributed by atoms with Crippen LogP contribution in [0.2, 0.25) is 0 Å². The number of nitrogens with one attached hydrogen (secondary N) is 1. The molecule has 7 nitrogen and oxygen atoms in total. The topological polar surface area (TPSA) is 110 Å². The lowest BCUT2D eigenvalue weighted by Gasteiger charge is -2.21. The summed E-state index contributed by atoms with van der Waals surface area (Å²) in [6, 6.07) is -1.53. The van der Waals surface area contributed by atoms with Gasteiger partial charge >= 0.3 is 12.0 Å². The summed E-state index contributed by atoms with van der Waals surface area (Å²) in [5.74, 6) is -2.48. The minimum atomic E-state index is -1.41. The van der Waals surface area contributed by atoms with Crippen molar-refractivity contribution in [2.75, 3.05) is 13.1 Å². The van der Waals surface area contributed by atoms with Crippen LogP contribution in [0.3, 0.4) is 0 Å². The van der Waals surface area contributed by atoms with Gasteiger partial charge in [-0.25, -0.2) is 9.59 Å². The van der Waals surface area contributed by atoms with Gasteiger partial charge < -0.3 is 25.2 Å². The highest BCUT2D eigenvalue weighted by Gasteiger charge is 2.33. The summed E-state index contributed by atoms with van der Waals surface area (Å²) in [4.78, 5) is 33.2. The minimum Gasteiger partial charge on any atom is -0.548 e. The van der Waals surface area contributed by atoms with Gasteiger partial charge in [0.15, 0.2) is 0 Å². The second-order valence-electron chi connectivity index (χ2n) is 3.22. The fourth-order valence-electron chi connectivity index (χ4n) is 1.52. The van der Waals surface area contributed by atoms with Crippen LogP contribution in [0, 0.1) is 0 Å². The smallest absolute Gasteiger partial charge is 0.326 e. The van der Waals surface area contributed by atoms with Crippen molar-refractivity contribution in [2.45, 2.75) is 18.9 Å². The van der Waals surface area contributed by atoms with E-state index in [1.54, 1.807) is 0 Å². The first-order chi connectivity index (χ1) is 7.02. The Kier molecular flexibility index (Phi) is 3.48. The van der Waals surface area contributed by atoms with E-state index in [1.165, 1.54) is 0 Å². The molecule has 0 radical (unpaired) electrons. The molecule has 84 valence electrons. The predicted octanol–water partition coefficient (Wildman–Crippen LogP) is -2.01. The van der Waals surface area contributed by atoms with Crippen molar-refractivity contribution in [3.63, 3.8) is 0 Å². The van der Waals surface area contributed by atoms with Crippen LogP contribution in [0.15, 0.2) is 0 Å². The first-order valence-corrected chi connectivity index (χ1v) is 4.49. The molecule has 1 saturated heterocycles. The molecule has 0 aromatic carbocycles. The number of carbonyl (C=O) groups excluding carboxylic acids is 2. The van der Waals surface area contributed by atoms with Crippen LogP contribution in [0.1, 0.15) is 12.8 Å². The van der Waals surface area contributed by atoms with Gasteiger partial charge in [0, 0.05) is 6.54 Å². The van der Waals surface area contributed by atoms with Gasteiger partial charge in [0.1, 0.15) is 6.04 Å². The average Bonchev–Trinajstić information content (AvgIpc) is 2.62. The van der Waals surface area contributed by atoms with Crippen molar-refractivity contribution in [2.24, 2.45) is 0 Å². The summed E-state index contributed by atoms with van der Waals surface area (Å²) < 4.78 is 0. The molecule has 1 heterocycles. The minimum absolute atomic E-state index is 0.329. The number of hydrogen-bond acceptors (Lipinski definition) is 4. The van der Waals surface area contributed by atoms with Crippen molar-refractivity contribution in [1.29, 1.82) is 0 Å². The molecule has 1 atom stereocenters. The fourth-order valence-corrected chi connectivity index (χ4v) is 1.52. The van der Waals surface area contributed by atoms with Gasteiger partial charge in [-0.05, 0) is 12.8 Å². The van der Waals surface area contributed by atoms with E-state index in [-0.39, 0.29) is 0 Å². The van der Waals surface area contributed by atoms with Crippen molar-refractivity contribution < 1.29 is 24.6 Å². The number of urea groups is 1. The molecule has 0 saturated carbocycles. The van der Waals surface area contributed by atoms with E-state index < -0.39 is 30.6 Å². The van der Waals surface area contributed by atoms with Gasteiger partial charge in [0.25, 0.3) is 0 Å². The van der Waals surface area contributed by atoms with E-state index in [1.807, 2.05) is 0 Å². The Morgan fingerprint density at radius 2 is 2.13 bits per heavy atom. The zero-order chi connectivity index (χ0) is 11.4. The first kappa shape index (κ1) is 11.3. The molecule has 1 aliphatic rings. The molecule has 1 fully saturated rings. The molecule has 0 aromatic rings. The van der Waals surface area contributed by atoms with E-state index in [0.717, 1.165) is 4.90 Å². The summed E-state index contributed by atoms with van der Waals surface area (Å²) in [5, 5.41) is 20.9. The molecule has 0 bridgehead atoms. The van der Waals surface area contributed by atoms with E-state index in [2.05, 4.69) is 5.32 Å². The molecule has 1 rings (SSSR count). The van der Waals surface area contributed by atoms with Crippen molar-refractivity contribution in [3.8, 4) is 0 Å². The molecular weight excluding hydrogens is 204 g/mol. The van der Waals surface area contributed by atoms with Crippen LogP contribution >= 0.6 is 0 Å². The zero-order valence-electron chi connectivity index (χ0n) is 7.93. The van der Waals surface area contributed by atoms with Gasteiger partial charge in [0.05, 0.1) is 12.5 Å². The summed E-state index contributed by atoms with van der Waals surface area (Å²) in [6.45, 7) is -0.280. The molecule has 0 spiro atoms. The number of carbonyl (C=O) groups is 3. The summed E-state index contributed by atoms with van der Waals surface area (Å²) in [7, 11) is 0. The highest BCUT2D eigenvalue weighted by atomic mass is 16.4. The van der Waals surface area contributed by atoms with Gasteiger partial charge in [-0.15, -0.1) is 0 Å². The van der Waals surface area contributed by atoms with Gasteiger partial charge in [0.2, 0.25) is 0 Å². The van der Waals surface area contributed by atoms with E-state index in [0.29, 0.717) is 19.4 Å². The number of likely N-dealkylation sites (tertiary alicyclic amines) is 1. The third-order valence-electron chi connectivity index (χ3n) is 2.18. The lowest BCUT2D eigenvalue weighted by atomic mass is 10.2. The maximum Gasteiger partial charge on any atom is 0.326 e. The highest BCUT2D eigenvalue weighted by Crippen LogP contribution is 2.16. The number of rotatable bonds is 3. The Labute approximate surface area is 85.7 Å². The normalized spacial score (nSPS) is 20.0. The number of nitrogens with zero attached hydrogens (tertiary/aromatic N) is 1. The summed E-state index contributed by atoms with van der Waals surface area (Å²) in [6.07, 6.45) is 1.00. The molecule has 7 heteroatoms. The van der Waals surface area contributed by atoms with Crippen LogP contribution in [0.4, 0.5) is 4.79 Å². The zero-order valence-corrected chi connectivity index (χ0v) is 7.93. The number of hydrogen-bond donors (Lipinski definition) is 2. The first-order valence-electron chi connectivity index (χ1n) is 4.49. The molecule has 2 amide bonds. The quantitative estimate of drug-likeness (QED) is 0.565. The maximum absolute atomic E-state index is 11.3. The standard InChI is InChI=1S/C8H12N2O5/c11-6(12)4-9-8(15)10-3-1-2-5(10)7(13)14/h5H,1-4H2,(H,9,15)(H,11,12)(H,13,14)/p-1. The number of carboxylic acids is 2. The van der Waals surface area contributed by atoms with Crippen LogP contribution in [0.5, 0.6) is 0 Å². The Hall–Kier alpha value is -1.79. The SMILES string of the molecule is O=C([O-])CNC(=O)N1CCCC1C(=O)O. The molecule has 0 aromatic heterocycles. The fraction of sp³-hybridized carbons (Fsp3) is 0.625. The molecule has 2 N–H and O–H groups in total. The highest BCUT2D eigenvalue weighted by molar-refractivity contribution is 5.85. The summed E-state index contributed by atoms with van der Waals surface area (Å²) in [5.41, 5.74) is 0. The molecule has 1 unspecified atom stereocenters. The van der Waals surface area contributed by atoms with Crippen LogP contribution in [-0.4, -0.2) is 47.1 Å². The number of aliphatic carboxylic acids is 2. The molecule has 1 aliphatic heterocycles. The second-order valence-corrected chi connectivity index (χ2v) is 3.22. The Morgan fingerprint density at radius 3 is 2.67 bits per heavy atom. The maximum atomic E-state index is 11.3. The third-order valence-corrected chi connectivity index (χ3v) is 2.18. The Balaban J connectivity index is 2.51. The molecule has 0 aliphatic carbocycles. The predicted molar refractivity (Wildman–Crippen MR) is 45.8 cm³/mol. The largest absolute Gasteiger partial charge is 0.548 e. The number of carboxylic acid groups (broad SMARTS) is 2. The van der Waals surface area contributed by atoms with Crippen molar-refractivity contribution in [1.82, 2.24) is 10.2 Å². The van der Waals surface area contributed by atoms with Crippen molar-refractivity contribution in [3.05, 3.63) is 0 Å². The molecule has 15 heavy (non-hydrogen) atoms. The Morgan fingerprint density at radius 1 is 1.47 bits per heavy atom. The van der Waals surface area contributed by atoms with Crippen molar-refractivity contribution >= 4 is 18.0 Å². The monoisotopic (exact) mass is 215 g/mol. The van der Waals surface area contributed by atoms with Gasteiger partial charge in [-0.3, -0.25) is 0 Å². The third kappa shape index (κ3) is 2.83. The molecular formula is C8H11N2O5-. The van der Waals surface area contributed by atoms with Crippen LogP contribution in [0.25, 0.3) is 0 Å². The second kappa shape index (κ2) is 4.63. The van der Waals surface area contributed by atoms with E-state index in [9.17, 15) is 19.5 Å². The summed E-state index contributed by atoms with van der Waals surface area (Å²) >= 11 is 0. The van der Waals surface area contributed by atoms with Crippen LogP contribution < -0.4 is 10.4 Å². The lowest BCUT2D eigenvalue weighted by molar-refractivity contribution is -0.303. The van der Waals surface area contributed by atoms with Gasteiger partial charge in [-0.1, -0.05) is 0 Å². The average molecular weight is 215 g/mol.